The summed E-state index contributed by atoms with van der Waals surface area (Å²) in [4.78, 5) is 0. The molecule has 1 aliphatic carbocycles. The summed E-state index contributed by atoms with van der Waals surface area (Å²) in [6, 6.07) is 0.470. The fraction of sp³-hybridized carbons (Fsp3) is 1.00. The Bertz CT molecular complexity index is 151. The highest BCUT2D eigenvalue weighted by Gasteiger charge is 2.30. The van der Waals surface area contributed by atoms with Gasteiger partial charge in [0, 0.05) is 12.6 Å². The summed E-state index contributed by atoms with van der Waals surface area (Å²) in [7, 11) is 0. The Labute approximate surface area is 84.0 Å². The third kappa shape index (κ3) is 4.86. The van der Waals surface area contributed by atoms with Gasteiger partial charge in [-0.2, -0.15) is 0 Å². The zero-order valence-electron chi connectivity index (χ0n) is 8.64. The average Bonchev–Trinajstić information content (AvgIpc) is 2.93. The van der Waals surface area contributed by atoms with E-state index in [0.29, 0.717) is 12.6 Å². The molecule has 84 valence electrons. The van der Waals surface area contributed by atoms with E-state index in [1.165, 1.54) is 12.8 Å². The first kappa shape index (κ1) is 11.9. The Morgan fingerprint density at radius 3 is 2.64 bits per heavy atom. The fourth-order valence-electron chi connectivity index (χ4n) is 1.65. The van der Waals surface area contributed by atoms with E-state index < -0.39 is 13.0 Å². The van der Waals surface area contributed by atoms with Gasteiger partial charge in [0.25, 0.3) is 6.43 Å². The molecule has 14 heavy (non-hydrogen) atoms. The van der Waals surface area contributed by atoms with E-state index in [1.54, 1.807) is 0 Å². The van der Waals surface area contributed by atoms with Crippen LogP contribution in [-0.4, -0.2) is 32.2 Å². The van der Waals surface area contributed by atoms with E-state index in [-0.39, 0.29) is 0 Å². The fourth-order valence-corrected chi connectivity index (χ4v) is 1.65. The van der Waals surface area contributed by atoms with Crippen molar-refractivity contribution < 1.29 is 13.5 Å². The minimum absolute atomic E-state index is 0.427. The van der Waals surface area contributed by atoms with Crippen molar-refractivity contribution in [1.29, 1.82) is 0 Å². The summed E-state index contributed by atoms with van der Waals surface area (Å²) in [6.45, 7) is 3.02. The first-order chi connectivity index (χ1) is 6.74. The van der Waals surface area contributed by atoms with Crippen LogP contribution in [0.25, 0.3) is 0 Å². The van der Waals surface area contributed by atoms with E-state index >= 15 is 0 Å². The highest BCUT2D eigenvalue weighted by Crippen LogP contribution is 2.33. The normalized spacial score (nSPS) is 18.9. The lowest BCUT2D eigenvalue weighted by Gasteiger charge is -2.16. The van der Waals surface area contributed by atoms with Crippen molar-refractivity contribution in [2.75, 3.05) is 19.8 Å². The maximum Gasteiger partial charge on any atom is 0.261 e. The Morgan fingerprint density at radius 1 is 1.43 bits per heavy atom. The van der Waals surface area contributed by atoms with E-state index in [4.69, 9.17) is 4.74 Å². The summed E-state index contributed by atoms with van der Waals surface area (Å²) in [5.74, 6) is 0.755. The monoisotopic (exact) mass is 207 g/mol. The van der Waals surface area contributed by atoms with Crippen LogP contribution >= 0.6 is 0 Å². The molecule has 0 radical (unpaired) electrons. The minimum Gasteiger partial charge on any atom is -0.375 e. The molecule has 0 spiro atoms. The first-order valence-electron chi connectivity index (χ1n) is 5.33. The van der Waals surface area contributed by atoms with Gasteiger partial charge in [-0.25, -0.2) is 8.78 Å². The second-order valence-electron chi connectivity index (χ2n) is 3.76. The van der Waals surface area contributed by atoms with Crippen molar-refractivity contribution in [1.82, 2.24) is 5.32 Å². The second kappa shape index (κ2) is 6.30. The third-order valence-electron chi connectivity index (χ3n) is 2.47. The van der Waals surface area contributed by atoms with Gasteiger partial charge in [-0.3, -0.25) is 0 Å². The number of nitrogens with one attached hydrogen (secondary N) is 1. The molecular formula is C10H19F2NO. The van der Waals surface area contributed by atoms with Crippen LogP contribution in [0.4, 0.5) is 8.78 Å². The summed E-state index contributed by atoms with van der Waals surface area (Å²) in [5, 5.41) is 3.37. The van der Waals surface area contributed by atoms with Crippen molar-refractivity contribution >= 4 is 0 Å². The molecule has 1 saturated carbocycles. The maximum absolute atomic E-state index is 11.7. The zero-order valence-corrected chi connectivity index (χ0v) is 8.64. The SMILES string of the molecule is CCNC(CCOCC(F)F)C1CC1. The van der Waals surface area contributed by atoms with Crippen LogP contribution in [0.1, 0.15) is 26.2 Å². The maximum atomic E-state index is 11.7. The molecular weight excluding hydrogens is 188 g/mol. The van der Waals surface area contributed by atoms with Crippen LogP contribution in [-0.2, 0) is 4.74 Å². The molecule has 1 rings (SSSR count). The molecule has 0 aliphatic heterocycles. The predicted octanol–water partition coefficient (Wildman–Crippen LogP) is 2.05. The molecule has 1 aliphatic rings. The summed E-state index contributed by atoms with van der Waals surface area (Å²) < 4.78 is 28.3. The molecule has 0 aromatic rings. The Balaban J connectivity index is 2.01. The van der Waals surface area contributed by atoms with Gasteiger partial charge in [-0.15, -0.1) is 0 Å². The van der Waals surface area contributed by atoms with Gasteiger partial charge in [0.15, 0.2) is 0 Å². The van der Waals surface area contributed by atoms with Crippen LogP contribution in [0.2, 0.25) is 0 Å². The molecule has 0 heterocycles. The van der Waals surface area contributed by atoms with Gasteiger partial charge in [-0.05, 0) is 31.7 Å². The molecule has 0 amide bonds. The van der Waals surface area contributed by atoms with Gasteiger partial charge in [0.2, 0.25) is 0 Å². The van der Waals surface area contributed by atoms with E-state index in [9.17, 15) is 8.78 Å². The summed E-state index contributed by atoms with van der Waals surface area (Å²) >= 11 is 0. The lowest BCUT2D eigenvalue weighted by molar-refractivity contribution is 0.0139. The van der Waals surface area contributed by atoms with Crippen LogP contribution in [0.15, 0.2) is 0 Å². The zero-order chi connectivity index (χ0) is 10.4. The molecule has 0 aromatic carbocycles. The van der Waals surface area contributed by atoms with Crippen LogP contribution in [0.3, 0.4) is 0 Å². The van der Waals surface area contributed by atoms with Gasteiger partial charge in [-0.1, -0.05) is 6.92 Å². The molecule has 1 N–H and O–H groups in total. The van der Waals surface area contributed by atoms with Crippen molar-refractivity contribution in [3.63, 3.8) is 0 Å². The van der Waals surface area contributed by atoms with Crippen molar-refractivity contribution in [2.45, 2.75) is 38.7 Å². The van der Waals surface area contributed by atoms with Gasteiger partial charge in [0.05, 0.1) is 0 Å². The smallest absolute Gasteiger partial charge is 0.261 e. The van der Waals surface area contributed by atoms with Crippen molar-refractivity contribution in [2.24, 2.45) is 5.92 Å². The quantitative estimate of drug-likeness (QED) is 0.615. The third-order valence-corrected chi connectivity index (χ3v) is 2.47. The highest BCUT2D eigenvalue weighted by atomic mass is 19.3. The standard InChI is InChI=1S/C10H19F2NO/c1-2-13-9(8-3-4-8)5-6-14-7-10(11)12/h8-10,13H,2-7H2,1H3. The number of ether oxygens (including phenoxy) is 1. The van der Waals surface area contributed by atoms with E-state index in [1.807, 2.05) is 0 Å². The highest BCUT2D eigenvalue weighted by molar-refractivity contribution is 4.85. The van der Waals surface area contributed by atoms with Crippen LogP contribution in [0.5, 0.6) is 0 Å². The molecule has 1 atom stereocenters. The average molecular weight is 207 g/mol. The Hall–Kier alpha value is -0.220. The molecule has 0 aromatic heterocycles. The van der Waals surface area contributed by atoms with Crippen molar-refractivity contribution in [3.8, 4) is 0 Å². The molecule has 1 fully saturated rings. The molecule has 4 heteroatoms. The predicted molar refractivity (Wildman–Crippen MR) is 51.6 cm³/mol. The summed E-state index contributed by atoms with van der Waals surface area (Å²) in [6.07, 6.45) is 1.05. The van der Waals surface area contributed by atoms with Gasteiger partial charge in [0.1, 0.15) is 6.61 Å². The molecule has 1 unspecified atom stereocenters. The lowest BCUT2D eigenvalue weighted by atomic mass is 10.1. The number of alkyl halides is 2. The van der Waals surface area contributed by atoms with E-state index in [0.717, 1.165) is 18.9 Å². The lowest BCUT2D eigenvalue weighted by Crippen LogP contribution is -2.32. The Morgan fingerprint density at radius 2 is 2.14 bits per heavy atom. The number of halogens is 2. The Kier molecular flexibility index (Phi) is 5.33. The minimum atomic E-state index is -2.34. The number of hydrogen-bond acceptors (Lipinski definition) is 2. The largest absolute Gasteiger partial charge is 0.375 e. The molecule has 0 bridgehead atoms. The van der Waals surface area contributed by atoms with E-state index in [2.05, 4.69) is 12.2 Å². The van der Waals surface area contributed by atoms with Crippen LogP contribution in [0, 0.1) is 5.92 Å². The number of hydrogen-bond donors (Lipinski definition) is 1. The van der Waals surface area contributed by atoms with Gasteiger partial charge >= 0.3 is 0 Å². The number of rotatable bonds is 8. The molecule has 2 nitrogen and oxygen atoms in total. The summed E-state index contributed by atoms with van der Waals surface area (Å²) in [5.41, 5.74) is 0. The van der Waals surface area contributed by atoms with Crippen LogP contribution < -0.4 is 5.32 Å². The molecule has 0 saturated heterocycles. The topological polar surface area (TPSA) is 21.3 Å². The first-order valence-corrected chi connectivity index (χ1v) is 5.33. The van der Waals surface area contributed by atoms with Crippen molar-refractivity contribution in [3.05, 3.63) is 0 Å². The van der Waals surface area contributed by atoms with Gasteiger partial charge < -0.3 is 10.1 Å². The second-order valence-corrected chi connectivity index (χ2v) is 3.76.